The minimum absolute atomic E-state index is 0.0681. The summed E-state index contributed by atoms with van der Waals surface area (Å²) in [5, 5.41) is 3.40. The molecule has 0 saturated heterocycles. The van der Waals surface area contributed by atoms with E-state index in [9.17, 15) is 4.79 Å². The Morgan fingerprint density at radius 1 is 0.952 bits per heavy atom. The molecule has 3 heteroatoms. The first-order valence-corrected chi connectivity index (χ1v) is 7.00. The molecule has 0 heterocycles. The van der Waals surface area contributed by atoms with E-state index in [1.54, 1.807) is 0 Å². The summed E-state index contributed by atoms with van der Waals surface area (Å²) in [5.41, 5.74) is 1.45. The Balaban J connectivity index is 2.36. The zero-order valence-electron chi connectivity index (χ0n) is 12.7. The largest absolute Gasteiger partial charge is 0.468 e. The number of nitrogens with one attached hydrogen (secondary N) is 1. The SMILES string of the molecule is COC(=O)C(C)(C)NC(c1ccccc1)c1ccccc1. The Bertz CT molecular complexity index is 539. The van der Waals surface area contributed by atoms with Crippen molar-refractivity contribution < 1.29 is 9.53 Å². The van der Waals surface area contributed by atoms with Gasteiger partial charge in [0.1, 0.15) is 5.54 Å². The Labute approximate surface area is 126 Å². The Kier molecular flexibility index (Phi) is 4.76. The third kappa shape index (κ3) is 3.70. The number of esters is 1. The third-order valence-corrected chi connectivity index (χ3v) is 3.47. The van der Waals surface area contributed by atoms with Crippen molar-refractivity contribution in [3.8, 4) is 0 Å². The molecule has 21 heavy (non-hydrogen) atoms. The number of hydrogen-bond acceptors (Lipinski definition) is 3. The topological polar surface area (TPSA) is 38.3 Å². The first-order chi connectivity index (χ1) is 10.0. The summed E-state index contributed by atoms with van der Waals surface area (Å²) in [6.45, 7) is 3.66. The van der Waals surface area contributed by atoms with Gasteiger partial charge in [-0.15, -0.1) is 0 Å². The van der Waals surface area contributed by atoms with E-state index >= 15 is 0 Å². The number of ether oxygens (including phenoxy) is 1. The molecule has 0 radical (unpaired) electrons. The maximum Gasteiger partial charge on any atom is 0.325 e. The summed E-state index contributed by atoms with van der Waals surface area (Å²) in [6, 6.07) is 20.1. The molecule has 0 aliphatic carbocycles. The lowest BCUT2D eigenvalue weighted by molar-refractivity contribution is -0.147. The van der Waals surface area contributed by atoms with Crippen molar-refractivity contribution in [2.24, 2.45) is 0 Å². The second-order valence-electron chi connectivity index (χ2n) is 5.52. The molecule has 2 aromatic carbocycles. The number of hydrogen-bond donors (Lipinski definition) is 1. The second kappa shape index (κ2) is 6.55. The van der Waals surface area contributed by atoms with Crippen LogP contribution in [0.15, 0.2) is 60.7 Å². The highest BCUT2D eigenvalue weighted by atomic mass is 16.5. The maximum absolute atomic E-state index is 11.9. The molecule has 0 unspecified atom stereocenters. The lowest BCUT2D eigenvalue weighted by Crippen LogP contribution is -2.49. The quantitative estimate of drug-likeness (QED) is 0.856. The lowest BCUT2D eigenvalue weighted by Gasteiger charge is -2.30. The van der Waals surface area contributed by atoms with E-state index in [1.807, 2.05) is 50.2 Å². The van der Waals surface area contributed by atoms with Crippen molar-refractivity contribution in [3.05, 3.63) is 71.8 Å². The number of methoxy groups -OCH3 is 1. The van der Waals surface area contributed by atoms with Crippen LogP contribution in [-0.4, -0.2) is 18.6 Å². The average molecular weight is 283 g/mol. The predicted octanol–water partition coefficient (Wildman–Crippen LogP) is 3.32. The van der Waals surface area contributed by atoms with Crippen molar-refractivity contribution in [3.63, 3.8) is 0 Å². The fourth-order valence-electron chi connectivity index (χ4n) is 2.33. The van der Waals surface area contributed by atoms with Gasteiger partial charge in [0.05, 0.1) is 13.2 Å². The Morgan fingerprint density at radius 2 is 1.38 bits per heavy atom. The van der Waals surface area contributed by atoms with Gasteiger partial charge < -0.3 is 4.74 Å². The molecule has 2 aromatic rings. The maximum atomic E-state index is 11.9. The fourth-order valence-corrected chi connectivity index (χ4v) is 2.33. The van der Waals surface area contributed by atoms with Crippen LogP contribution in [0.2, 0.25) is 0 Å². The zero-order valence-corrected chi connectivity index (χ0v) is 12.7. The van der Waals surface area contributed by atoms with Gasteiger partial charge in [-0.05, 0) is 25.0 Å². The Morgan fingerprint density at radius 3 is 1.76 bits per heavy atom. The molecule has 0 bridgehead atoms. The van der Waals surface area contributed by atoms with Crippen LogP contribution in [0.4, 0.5) is 0 Å². The first-order valence-electron chi connectivity index (χ1n) is 7.00. The summed E-state index contributed by atoms with van der Waals surface area (Å²) in [4.78, 5) is 11.9. The average Bonchev–Trinajstić information content (AvgIpc) is 2.53. The van der Waals surface area contributed by atoms with E-state index in [0.29, 0.717) is 0 Å². The van der Waals surface area contributed by atoms with Crippen LogP contribution in [0, 0.1) is 0 Å². The fraction of sp³-hybridized carbons (Fsp3) is 0.278. The van der Waals surface area contributed by atoms with Gasteiger partial charge in [-0.3, -0.25) is 10.1 Å². The van der Waals surface area contributed by atoms with E-state index in [1.165, 1.54) is 7.11 Å². The predicted molar refractivity (Wildman–Crippen MR) is 84.0 cm³/mol. The molecule has 0 amide bonds. The Hall–Kier alpha value is -2.13. The summed E-state index contributed by atoms with van der Waals surface area (Å²) < 4.78 is 4.89. The van der Waals surface area contributed by atoms with Crippen molar-refractivity contribution in [2.75, 3.05) is 7.11 Å². The van der Waals surface area contributed by atoms with E-state index in [-0.39, 0.29) is 12.0 Å². The molecule has 0 aromatic heterocycles. The van der Waals surface area contributed by atoms with Gasteiger partial charge in [0.25, 0.3) is 0 Å². The van der Waals surface area contributed by atoms with Crippen LogP contribution < -0.4 is 5.32 Å². The van der Waals surface area contributed by atoms with Gasteiger partial charge in [0.15, 0.2) is 0 Å². The van der Waals surface area contributed by atoms with E-state index in [2.05, 4.69) is 29.6 Å². The van der Waals surface area contributed by atoms with Gasteiger partial charge in [0, 0.05) is 0 Å². The molecule has 0 aliphatic rings. The van der Waals surface area contributed by atoms with Gasteiger partial charge in [0.2, 0.25) is 0 Å². The molecular formula is C18H21NO2. The molecular weight excluding hydrogens is 262 g/mol. The smallest absolute Gasteiger partial charge is 0.325 e. The van der Waals surface area contributed by atoms with Crippen molar-refractivity contribution in [1.29, 1.82) is 0 Å². The van der Waals surface area contributed by atoms with E-state index in [4.69, 9.17) is 4.74 Å². The van der Waals surface area contributed by atoms with E-state index in [0.717, 1.165) is 11.1 Å². The van der Waals surface area contributed by atoms with Crippen molar-refractivity contribution in [2.45, 2.75) is 25.4 Å². The molecule has 0 atom stereocenters. The number of carbonyl (C=O) groups excluding carboxylic acids is 1. The van der Waals surface area contributed by atoms with Gasteiger partial charge in [-0.25, -0.2) is 0 Å². The van der Waals surface area contributed by atoms with Crippen molar-refractivity contribution in [1.82, 2.24) is 5.32 Å². The molecule has 3 nitrogen and oxygen atoms in total. The minimum Gasteiger partial charge on any atom is -0.468 e. The summed E-state index contributed by atoms with van der Waals surface area (Å²) in [5.74, 6) is -0.278. The summed E-state index contributed by atoms with van der Waals surface area (Å²) in [7, 11) is 1.41. The van der Waals surface area contributed by atoms with Crippen LogP contribution in [-0.2, 0) is 9.53 Å². The number of carbonyl (C=O) groups is 1. The minimum atomic E-state index is -0.773. The van der Waals surface area contributed by atoms with Crippen LogP contribution in [0.3, 0.4) is 0 Å². The molecule has 1 N–H and O–H groups in total. The summed E-state index contributed by atoms with van der Waals surface area (Å²) >= 11 is 0. The first kappa shape index (κ1) is 15.3. The van der Waals surface area contributed by atoms with Gasteiger partial charge >= 0.3 is 5.97 Å². The van der Waals surface area contributed by atoms with Crippen molar-refractivity contribution >= 4 is 5.97 Å². The normalized spacial score (nSPS) is 11.4. The lowest BCUT2D eigenvalue weighted by atomic mass is 9.94. The molecule has 2 rings (SSSR count). The van der Waals surface area contributed by atoms with E-state index < -0.39 is 5.54 Å². The monoisotopic (exact) mass is 283 g/mol. The molecule has 110 valence electrons. The van der Waals surface area contributed by atoms with Crippen LogP contribution >= 0.6 is 0 Å². The third-order valence-electron chi connectivity index (χ3n) is 3.47. The molecule has 0 saturated carbocycles. The highest BCUT2D eigenvalue weighted by Crippen LogP contribution is 2.25. The highest BCUT2D eigenvalue weighted by molar-refractivity contribution is 5.79. The van der Waals surface area contributed by atoms with Crippen LogP contribution in [0.1, 0.15) is 31.0 Å². The second-order valence-corrected chi connectivity index (χ2v) is 5.52. The van der Waals surface area contributed by atoms with Crippen LogP contribution in [0.25, 0.3) is 0 Å². The number of rotatable bonds is 5. The van der Waals surface area contributed by atoms with Crippen LogP contribution in [0.5, 0.6) is 0 Å². The molecule has 0 aliphatic heterocycles. The zero-order chi connectivity index (χ0) is 15.3. The molecule has 0 fully saturated rings. The number of benzene rings is 2. The summed E-state index contributed by atoms with van der Waals surface area (Å²) in [6.07, 6.45) is 0. The van der Waals surface area contributed by atoms with Gasteiger partial charge in [-0.1, -0.05) is 60.7 Å². The van der Waals surface area contributed by atoms with Gasteiger partial charge in [-0.2, -0.15) is 0 Å². The molecule has 0 spiro atoms. The highest BCUT2D eigenvalue weighted by Gasteiger charge is 2.32. The standard InChI is InChI=1S/C18H21NO2/c1-18(2,17(20)21-3)19-16(14-10-6-4-7-11-14)15-12-8-5-9-13-15/h4-13,16,19H,1-3H3.